The summed E-state index contributed by atoms with van der Waals surface area (Å²) in [5, 5.41) is 10.1. The standard InChI is InChI=1S/C18H21BF2O7/c1-3-15(23)26-10-27-17(24)13-7-5-6-11-8-12(19(25)28-16(11)13)9-14(22)18(20,21)4-2/h5-7,12,25H,3-4,8-10H2,1-2H3/t12-/m1/s1. The zero-order valence-electron chi connectivity index (χ0n) is 15.6. The second-order valence-electron chi connectivity index (χ2n) is 6.37. The van der Waals surface area contributed by atoms with Gasteiger partial charge in [0.05, 0.1) is 0 Å². The molecule has 0 unspecified atom stereocenters. The molecule has 0 radical (unpaired) electrons. The Labute approximate surface area is 161 Å². The van der Waals surface area contributed by atoms with Crippen molar-refractivity contribution in [3.8, 4) is 5.75 Å². The average Bonchev–Trinajstić information content (AvgIpc) is 2.67. The number of hydrogen-bond donors (Lipinski definition) is 1. The van der Waals surface area contributed by atoms with E-state index < -0.39 is 56.2 Å². The van der Waals surface area contributed by atoms with Gasteiger partial charge in [-0.3, -0.25) is 9.59 Å². The summed E-state index contributed by atoms with van der Waals surface area (Å²) < 4.78 is 41.9. The molecule has 1 aromatic carbocycles. The predicted octanol–water partition coefficient (Wildman–Crippen LogP) is 2.54. The molecule has 7 nitrogen and oxygen atoms in total. The van der Waals surface area contributed by atoms with Crippen molar-refractivity contribution in [2.75, 3.05) is 6.79 Å². The summed E-state index contributed by atoms with van der Waals surface area (Å²) >= 11 is 0. The van der Waals surface area contributed by atoms with Crippen molar-refractivity contribution >= 4 is 24.8 Å². The van der Waals surface area contributed by atoms with Gasteiger partial charge in [-0.1, -0.05) is 26.0 Å². The highest BCUT2D eigenvalue weighted by Crippen LogP contribution is 2.38. The van der Waals surface area contributed by atoms with Crippen LogP contribution in [0.1, 0.15) is 49.0 Å². The van der Waals surface area contributed by atoms with Gasteiger partial charge in [-0.15, -0.1) is 0 Å². The third-order valence-corrected chi connectivity index (χ3v) is 4.44. The Morgan fingerprint density at radius 3 is 2.64 bits per heavy atom. The van der Waals surface area contributed by atoms with Crippen LogP contribution in [-0.4, -0.2) is 42.6 Å². The van der Waals surface area contributed by atoms with Gasteiger partial charge in [0, 0.05) is 25.1 Å². The van der Waals surface area contributed by atoms with Gasteiger partial charge in [-0.05, 0) is 18.1 Å². The van der Waals surface area contributed by atoms with E-state index in [9.17, 15) is 28.2 Å². The Morgan fingerprint density at radius 2 is 2.00 bits per heavy atom. The van der Waals surface area contributed by atoms with Crippen LogP contribution in [0.15, 0.2) is 18.2 Å². The number of para-hydroxylation sites is 1. The zero-order valence-corrected chi connectivity index (χ0v) is 15.6. The lowest BCUT2D eigenvalue weighted by molar-refractivity contribution is -0.151. The Kier molecular flexibility index (Phi) is 7.12. The molecule has 0 aliphatic carbocycles. The van der Waals surface area contributed by atoms with Crippen molar-refractivity contribution < 1.29 is 42.3 Å². The molecule has 2 rings (SSSR count). The van der Waals surface area contributed by atoms with E-state index in [2.05, 4.69) is 4.74 Å². The molecule has 0 saturated carbocycles. The van der Waals surface area contributed by atoms with Crippen molar-refractivity contribution in [2.45, 2.75) is 51.3 Å². The largest absolute Gasteiger partial charge is 0.535 e. The molecule has 0 bridgehead atoms. The van der Waals surface area contributed by atoms with E-state index in [0.717, 1.165) is 0 Å². The number of alkyl halides is 2. The van der Waals surface area contributed by atoms with E-state index in [1.807, 2.05) is 0 Å². The van der Waals surface area contributed by atoms with E-state index >= 15 is 0 Å². The first-order valence-corrected chi connectivity index (χ1v) is 8.90. The van der Waals surface area contributed by atoms with Gasteiger partial charge in [0.2, 0.25) is 12.6 Å². The van der Waals surface area contributed by atoms with Gasteiger partial charge in [0.1, 0.15) is 11.3 Å². The monoisotopic (exact) mass is 398 g/mol. The summed E-state index contributed by atoms with van der Waals surface area (Å²) in [6.07, 6.45) is -0.966. The molecule has 0 spiro atoms. The maximum absolute atomic E-state index is 13.5. The summed E-state index contributed by atoms with van der Waals surface area (Å²) in [5.41, 5.74) is 0.468. The molecule has 0 amide bonds. The molecule has 1 heterocycles. The van der Waals surface area contributed by atoms with Crippen LogP contribution in [0.2, 0.25) is 5.82 Å². The smallest absolute Gasteiger partial charge is 0.526 e. The van der Waals surface area contributed by atoms with Crippen molar-refractivity contribution in [2.24, 2.45) is 0 Å². The van der Waals surface area contributed by atoms with Crippen molar-refractivity contribution in [3.63, 3.8) is 0 Å². The molecular formula is C18H21BF2O7. The first kappa shape index (κ1) is 21.8. The highest BCUT2D eigenvalue weighted by Gasteiger charge is 2.43. The first-order chi connectivity index (χ1) is 13.2. The molecule has 1 atom stereocenters. The number of hydrogen-bond acceptors (Lipinski definition) is 7. The number of fused-ring (bicyclic) bond motifs is 1. The Morgan fingerprint density at radius 1 is 1.29 bits per heavy atom. The molecule has 1 N–H and O–H groups in total. The number of ketones is 1. The van der Waals surface area contributed by atoms with Gasteiger partial charge in [-0.2, -0.15) is 8.78 Å². The third kappa shape index (κ3) is 5.06. The van der Waals surface area contributed by atoms with Gasteiger partial charge in [-0.25, -0.2) is 4.79 Å². The summed E-state index contributed by atoms with van der Waals surface area (Å²) in [6.45, 7) is 2.22. The molecule has 0 saturated heterocycles. The topological polar surface area (TPSA) is 99.1 Å². The summed E-state index contributed by atoms with van der Waals surface area (Å²) in [4.78, 5) is 35.0. The number of benzene rings is 1. The fraction of sp³-hybridized carbons (Fsp3) is 0.500. The molecule has 152 valence electrons. The van der Waals surface area contributed by atoms with Crippen molar-refractivity contribution in [1.29, 1.82) is 0 Å². The normalized spacial score (nSPS) is 16.0. The minimum absolute atomic E-state index is 0.00670. The minimum Gasteiger partial charge on any atom is -0.535 e. The van der Waals surface area contributed by atoms with Crippen LogP contribution in [0.3, 0.4) is 0 Å². The fourth-order valence-electron chi connectivity index (χ4n) is 2.73. The van der Waals surface area contributed by atoms with Gasteiger partial charge < -0.3 is 19.2 Å². The minimum atomic E-state index is -3.46. The first-order valence-electron chi connectivity index (χ1n) is 8.90. The quantitative estimate of drug-likeness (QED) is 0.408. The summed E-state index contributed by atoms with van der Waals surface area (Å²) in [7, 11) is -1.53. The van der Waals surface area contributed by atoms with E-state index in [0.29, 0.717) is 5.56 Å². The number of halogens is 2. The Hall–Kier alpha value is -2.49. The van der Waals surface area contributed by atoms with Crippen LogP contribution in [0.25, 0.3) is 0 Å². The summed E-state index contributed by atoms with van der Waals surface area (Å²) in [5.74, 6) is -6.91. The van der Waals surface area contributed by atoms with Crippen LogP contribution in [0.4, 0.5) is 8.78 Å². The lowest BCUT2D eigenvalue weighted by atomic mass is 9.64. The lowest BCUT2D eigenvalue weighted by Crippen LogP contribution is -2.38. The SMILES string of the molecule is CCC(=O)OCOC(=O)c1cccc2c1OB(O)[C@@H](CC(=O)C(F)(F)CC)C2. The second kappa shape index (κ2) is 9.14. The van der Waals surface area contributed by atoms with E-state index in [1.54, 1.807) is 13.0 Å². The third-order valence-electron chi connectivity index (χ3n) is 4.44. The van der Waals surface area contributed by atoms with Crippen LogP contribution < -0.4 is 4.65 Å². The Bertz CT molecular complexity index is 753. The van der Waals surface area contributed by atoms with Crippen LogP contribution in [0.5, 0.6) is 5.75 Å². The molecule has 1 aromatic rings. The van der Waals surface area contributed by atoms with Gasteiger partial charge >= 0.3 is 25.0 Å². The maximum atomic E-state index is 13.5. The highest BCUT2D eigenvalue weighted by molar-refractivity contribution is 6.47. The van der Waals surface area contributed by atoms with Gasteiger partial charge in [0.15, 0.2) is 0 Å². The number of carbonyl (C=O) groups excluding carboxylic acids is 3. The molecule has 0 aromatic heterocycles. The fourth-order valence-corrected chi connectivity index (χ4v) is 2.73. The van der Waals surface area contributed by atoms with Crippen molar-refractivity contribution in [3.05, 3.63) is 29.3 Å². The predicted molar refractivity (Wildman–Crippen MR) is 94.0 cm³/mol. The zero-order chi connectivity index (χ0) is 20.9. The van der Waals surface area contributed by atoms with Crippen molar-refractivity contribution in [1.82, 2.24) is 0 Å². The number of ether oxygens (including phenoxy) is 2. The molecule has 28 heavy (non-hydrogen) atoms. The second-order valence-corrected chi connectivity index (χ2v) is 6.37. The van der Waals surface area contributed by atoms with E-state index in [1.165, 1.54) is 19.1 Å². The van der Waals surface area contributed by atoms with Crippen LogP contribution >= 0.6 is 0 Å². The molecule has 0 fully saturated rings. The van der Waals surface area contributed by atoms with E-state index in [-0.39, 0.29) is 24.2 Å². The molecule has 10 heteroatoms. The number of esters is 2. The van der Waals surface area contributed by atoms with Crippen LogP contribution in [-0.2, 0) is 25.5 Å². The lowest BCUT2D eigenvalue weighted by Gasteiger charge is -2.29. The number of Topliss-reactive ketones (excluding diaryl/α,β-unsaturated/α-hetero) is 1. The number of rotatable bonds is 8. The molecule has 1 aliphatic rings. The summed E-state index contributed by atoms with van der Waals surface area (Å²) in [6, 6.07) is 4.53. The van der Waals surface area contributed by atoms with Crippen LogP contribution in [0, 0.1) is 0 Å². The van der Waals surface area contributed by atoms with Gasteiger partial charge in [0.25, 0.3) is 0 Å². The molecule has 1 aliphatic heterocycles. The van der Waals surface area contributed by atoms with E-state index in [4.69, 9.17) is 9.39 Å². The molecular weight excluding hydrogens is 377 g/mol. The average molecular weight is 398 g/mol. The highest BCUT2D eigenvalue weighted by atomic mass is 19.3. The Balaban J connectivity index is 2.10. The maximum Gasteiger partial charge on any atom is 0.526 e. The number of carbonyl (C=O) groups is 3.